The van der Waals surface area contributed by atoms with Gasteiger partial charge >= 0.3 is 6.03 Å². The van der Waals surface area contributed by atoms with Crippen molar-refractivity contribution < 1.29 is 28.7 Å². The minimum absolute atomic E-state index is 0.0794. The van der Waals surface area contributed by atoms with Gasteiger partial charge in [-0.25, -0.2) is 4.79 Å². The van der Waals surface area contributed by atoms with Gasteiger partial charge in [0.25, 0.3) is 0 Å². The summed E-state index contributed by atoms with van der Waals surface area (Å²) < 4.78 is 10.5. The largest absolute Gasteiger partial charge is 0.497 e. The third kappa shape index (κ3) is 9.87. The van der Waals surface area contributed by atoms with Crippen LogP contribution in [0, 0.1) is 11.8 Å². The number of hydrogen-bond acceptors (Lipinski definition) is 6. The van der Waals surface area contributed by atoms with Gasteiger partial charge in [-0.1, -0.05) is 58.0 Å². The first-order chi connectivity index (χ1) is 19.9. The topological polar surface area (TPSA) is 138 Å². The van der Waals surface area contributed by atoms with E-state index in [1.807, 2.05) is 58.0 Å². The van der Waals surface area contributed by atoms with E-state index in [1.165, 1.54) is 0 Å². The molecule has 2 aromatic carbocycles. The van der Waals surface area contributed by atoms with Crippen LogP contribution in [0.4, 0.5) is 10.5 Å². The normalized spacial score (nSPS) is 18.0. The van der Waals surface area contributed by atoms with Gasteiger partial charge in [0.05, 0.1) is 19.8 Å². The highest BCUT2D eigenvalue weighted by molar-refractivity contribution is 5.99. The van der Waals surface area contributed by atoms with Crippen LogP contribution in [0.25, 0.3) is 0 Å². The number of epoxide rings is 1. The van der Waals surface area contributed by atoms with Crippen LogP contribution in [0.15, 0.2) is 54.6 Å². The molecule has 0 unspecified atom stereocenters. The predicted octanol–water partition coefficient (Wildman–Crippen LogP) is 3.85. The summed E-state index contributed by atoms with van der Waals surface area (Å²) in [6, 6.07) is 13.0. The Bertz CT molecular complexity index is 1210. The maximum atomic E-state index is 13.7. The van der Waals surface area contributed by atoms with Crippen molar-refractivity contribution in [3.63, 3.8) is 0 Å². The number of hydrogen-bond donors (Lipinski definition) is 4. The molecular weight excluding hydrogens is 536 g/mol. The second-order valence-corrected chi connectivity index (χ2v) is 11.8. The molecule has 42 heavy (non-hydrogen) atoms. The van der Waals surface area contributed by atoms with Crippen LogP contribution in [-0.2, 0) is 25.5 Å². The maximum Gasteiger partial charge on any atom is 0.319 e. The summed E-state index contributed by atoms with van der Waals surface area (Å²) in [5, 5.41) is 11.2. The molecule has 2 aromatic rings. The van der Waals surface area contributed by atoms with Crippen molar-refractivity contribution in [3.8, 4) is 5.75 Å². The number of ether oxygens (including phenoxy) is 2. The summed E-state index contributed by atoms with van der Waals surface area (Å²) in [6.07, 6.45) is 1.01. The molecular formula is C32H44N4O6. The molecule has 0 spiro atoms. The van der Waals surface area contributed by atoms with Crippen molar-refractivity contribution in [3.05, 3.63) is 60.2 Å². The van der Waals surface area contributed by atoms with Gasteiger partial charge in [-0.05, 0) is 61.4 Å². The Morgan fingerprint density at radius 2 is 1.36 bits per heavy atom. The Morgan fingerprint density at radius 3 is 1.90 bits per heavy atom. The van der Waals surface area contributed by atoms with Crippen LogP contribution in [-0.4, -0.2) is 61.1 Å². The van der Waals surface area contributed by atoms with Gasteiger partial charge in [-0.2, -0.15) is 0 Å². The van der Waals surface area contributed by atoms with Crippen molar-refractivity contribution in [1.82, 2.24) is 16.0 Å². The van der Waals surface area contributed by atoms with Gasteiger partial charge in [0.2, 0.25) is 11.8 Å². The third-order valence-corrected chi connectivity index (χ3v) is 7.03. The molecule has 10 nitrogen and oxygen atoms in total. The lowest BCUT2D eigenvalue weighted by molar-refractivity contribution is -0.133. The molecule has 3 rings (SSSR count). The molecule has 0 bridgehead atoms. The van der Waals surface area contributed by atoms with Crippen LogP contribution in [0.1, 0.15) is 53.0 Å². The number of benzene rings is 2. The maximum absolute atomic E-state index is 13.7. The number of carbonyl (C=O) groups is 4. The second-order valence-electron chi connectivity index (χ2n) is 11.8. The number of rotatable bonds is 15. The summed E-state index contributed by atoms with van der Waals surface area (Å²) >= 11 is 0. The molecule has 1 aliphatic heterocycles. The fourth-order valence-corrected chi connectivity index (χ4v) is 4.63. The van der Waals surface area contributed by atoms with Crippen LogP contribution < -0.4 is 26.0 Å². The highest BCUT2D eigenvalue weighted by Gasteiger charge is 2.50. The van der Waals surface area contributed by atoms with Crippen molar-refractivity contribution >= 4 is 29.3 Å². The zero-order chi connectivity index (χ0) is 30.9. The van der Waals surface area contributed by atoms with E-state index in [0.717, 1.165) is 5.56 Å². The van der Waals surface area contributed by atoms with E-state index in [-0.39, 0.29) is 24.0 Å². The molecule has 0 aromatic heterocycles. The summed E-state index contributed by atoms with van der Waals surface area (Å²) in [5.74, 6) is -0.264. The fourth-order valence-electron chi connectivity index (χ4n) is 4.63. The summed E-state index contributed by atoms with van der Waals surface area (Å²) in [6.45, 7) is 9.88. The molecule has 1 aliphatic rings. The molecule has 228 valence electrons. The Labute approximate surface area is 248 Å². The Kier molecular flexibility index (Phi) is 11.5. The quantitative estimate of drug-likeness (QED) is 0.236. The van der Waals surface area contributed by atoms with E-state index in [1.54, 1.807) is 38.3 Å². The fraction of sp³-hybridized carbons (Fsp3) is 0.500. The van der Waals surface area contributed by atoms with Gasteiger partial charge in [0, 0.05) is 12.1 Å². The Hall–Kier alpha value is -3.92. The summed E-state index contributed by atoms with van der Waals surface area (Å²) in [5.41, 5.74) is 0.481. The molecule has 0 radical (unpaired) electrons. The molecule has 1 saturated heterocycles. The van der Waals surface area contributed by atoms with Gasteiger partial charge in [0.1, 0.15) is 23.4 Å². The van der Waals surface area contributed by atoms with E-state index >= 15 is 0 Å². The highest BCUT2D eigenvalue weighted by Crippen LogP contribution is 2.29. The number of methoxy groups -OCH3 is 1. The van der Waals surface area contributed by atoms with Crippen LogP contribution >= 0.6 is 0 Å². The van der Waals surface area contributed by atoms with E-state index in [2.05, 4.69) is 21.3 Å². The standard InChI is InChI=1S/C32H44N4O6/c1-20(2)16-25(28(37)32(5)19-42-32)34-30(39)27(18-22-10-8-7-9-11-22)35-29(38)26(17-21(3)4)36-31(40)33-23-12-14-24(41-6)15-13-23/h7-15,20-21,25-27H,16-19H2,1-6H3,(H,34,39)(H,35,38)(H2,33,36,40)/t25-,26-,27-,32-/m0/s1. The molecule has 1 fully saturated rings. The first-order valence-electron chi connectivity index (χ1n) is 14.4. The van der Waals surface area contributed by atoms with Gasteiger partial charge in [-0.15, -0.1) is 0 Å². The molecule has 4 N–H and O–H groups in total. The summed E-state index contributed by atoms with van der Waals surface area (Å²) in [7, 11) is 1.56. The first-order valence-corrected chi connectivity index (χ1v) is 14.4. The van der Waals surface area contributed by atoms with E-state index < -0.39 is 41.6 Å². The number of ketones is 1. The minimum atomic E-state index is -0.976. The molecule has 1 heterocycles. The third-order valence-electron chi connectivity index (χ3n) is 7.03. The number of nitrogens with one attached hydrogen (secondary N) is 4. The molecule has 0 aliphatic carbocycles. The number of carbonyl (C=O) groups excluding carboxylic acids is 4. The Morgan fingerprint density at radius 1 is 0.810 bits per heavy atom. The van der Waals surface area contributed by atoms with Crippen molar-refractivity contribution in [2.45, 2.75) is 77.6 Å². The van der Waals surface area contributed by atoms with Crippen LogP contribution in [0.3, 0.4) is 0 Å². The molecule has 0 saturated carbocycles. The average molecular weight is 581 g/mol. The van der Waals surface area contributed by atoms with Crippen LogP contribution in [0.5, 0.6) is 5.75 Å². The lowest BCUT2D eigenvalue weighted by Gasteiger charge is -2.27. The molecule has 10 heteroatoms. The zero-order valence-electron chi connectivity index (χ0n) is 25.4. The first kappa shape index (κ1) is 32.6. The lowest BCUT2D eigenvalue weighted by Crippen LogP contribution is -2.57. The van der Waals surface area contributed by atoms with Gasteiger partial charge in [-0.3, -0.25) is 14.4 Å². The highest BCUT2D eigenvalue weighted by atomic mass is 16.6. The van der Waals surface area contributed by atoms with Gasteiger partial charge < -0.3 is 30.7 Å². The van der Waals surface area contributed by atoms with Gasteiger partial charge in [0.15, 0.2) is 5.78 Å². The monoisotopic (exact) mass is 580 g/mol. The average Bonchev–Trinajstić information content (AvgIpc) is 3.70. The van der Waals surface area contributed by atoms with E-state index in [4.69, 9.17) is 9.47 Å². The second kappa shape index (κ2) is 14.8. The zero-order valence-corrected chi connectivity index (χ0v) is 25.4. The SMILES string of the molecule is COc1ccc(NC(=O)N[C@@H](CC(C)C)C(=O)N[C@@H](Cc2ccccc2)C(=O)N[C@@H](CC(C)C)C(=O)[C@]2(C)CO2)cc1. The lowest BCUT2D eigenvalue weighted by atomic mass is 9.93. The van der Waals surface area contributed by atoms with E-state index in [9.17, 15) is 19.2 Å². The molecule has 4 amide bonds. The number of anilines is 1. The molecule has 4 atom stereocenters. The van der Waals surface area contributed by atoms with Crippen molar-refractivity contribution in [1.29, 1.82) is 0 Å². The predicted molar refractivity (Wildman–Crippen MR) is 161 cm³/mol. The number of Topliss-reactive ketones (excluding diaryl/α,β-unsaturated/α-hetero) is 1. The van der Waals surface area contributed by atoms with Crippen molar-refractivity contribution in [2.75, 3.05) is 19.0 Å². The van der Waals surface area contributed by atoms with Crippen LogP contribution in [0.2, 0.25) is 0 Å². The number of amides is 4. The minimum Gasteiger partial charge on any atom is -0.497 e. The van der Waals surface area contributed by atoms with E-state index in [0.29, 0.717) is 30.9 Å². The Balaban J connectivity index is 1.76. The number of urea groups is 1. The smallest absolute Gasteiger partial charge is 0.319 e. The van der Waals surface area contributed by atoms with Crippen molar-refractivity contribution in [2.24, 2.45) is 11.8 Å². The summed E-state index contributed by atoms with van der Waals surface area (Å²) in [4.78, 5) is 53.2.